The van der Waals surface area contributed by atoms with E-state index in [2.05, 4.69) is 35.8 Å². The van der Waals surface area contributed by atoms with Crippen molar-refractivity contribution in [3.8, 4) is 5.69 Å². The molecule has 0 radical (unpaired) electrons. The Morgan fingerprint density at radius 1 is 1.10 bits per heavy atom. The second-order valence-corrected chi connectivity index (χ2v) is 8.67. The van der Waals surface area contributed by atoms with E-state index in [0.29, 0.717) is 12.5 Å². The number of amides is 1. The third-order valence-corrected chi connectivity index (χ3v) is 6.63. The van der Waals surface area contributed by atoms with Crippen LogP contribution in [0.4, 0.5) is 0 Å². The minimum Gasteiger partial charge on any atom is -0.379 e. The minimum absolute atomic E-state index is 0.239. The van der Waals surface area contributed by atoms with Crippen molar-refractivity contribution in [3.63, 3.8) is 0 Å². The van der Waals surface area contributed by atoms with Crippen molar-refractivity contribution in [3.05, 3.63) is 46.8 Å². The van der Waals surface area contributed by atoms with Crippen LogP contribution >= 0.6 is 0 Å². The van der Waals surface area contributed by atoms with Gasteiger partial charge in [-0.1, -0.05) is 18.2 Å². The molecule has 2 saturated heterocycles. The van der Waals surface area contributed by atoms with Crippen LogP contribution in [0.25, 0.3) is 5.69 Å². The number of carbonyl (C=O) groups excluding carboxylic acids is 1. The molecule has 0 saturated carbocycles. The van der Waals surface area contributed by atoms with Crippen LogP contribution in [-0.4, -0.2) is 70.9 Å². The molecule has 3 heterocycles. The van der Waals surface area contributed by atoms with Crippen molar-refractivity contribution >= 4 is 5.91 Å². The van der Waals surface area contributed by atoms with Crippen molar-refractivity contribution < 1.29 is 9.53 Å². The Balaban J connectivity index is 1.50. The fraction of sp³-hybridized carbons (Fsp3) is 0.583. The number of hydrogen-bond acceptors (Lipinski definition) is 4. The zero-order chi connectivity index (χ0) is 21.1. The molecule has 6 nitrogen and oxygen atoms in total. The van der Waals surface area contributed by atoms with Gasteiger partial charge >= 0.3 is 0 Å². The van der Waals surface area contributed by atoms with Crippen LogP contribution in [0.15, 0.2) is 24.3 Å². The first-order valence-corrected chi connectivity index (χ1v) is 11.2. The molecule has 1 aromatic heterocycles. The zero-order valence-electron chi connectivity index (χ0n) is 18.6. The molecule has 0 spiro atoms. The first kappa shape index (κ1) is 21.1. The maximum Gasteiger partial charge on any atom is 0.227 e. The lowest BCUT2D eigenvalue weighted by molar-refractivity contribution is -0.134. The van der Waals surface area contributed by atoms with Crippen LogP contribution < -0.4 is 0 Å². The number of piperidine rings is 1. The van der Waals surface area contributed by atoms with Crippen LogP contribution in [0.3, 0.4) is 0 Å². The summed E-state index contributed by atoms with van der Waals surface area (Å²) in [5, 5.41) is 4.78. The van der Waals surface area contributed by atoms with Crippen molar-refractivity contribution in [2.24, 2.45) is 0 Å². The Hall–Kier alpha value is -2.18. The van der Waals surface area contributed by atoms with Gasteiger partial charge in [-0.25, -0.2) is 4.68 Å². The standard InChI is InChI=1S/C24H34N4O2/c1-18-8-4-5-10-23(18)28-20(3)22(19(2)25-28)16-24(29)27-11-7-6-9-21(27)17-26-12-14-30-15-13-26/h4-5,8,10,21H,6-7,9,11-17H2,1-3H3. The van der Waals surface area contributed by atoms with Crippen LogP contribution in [0.5, 0.6) is 0 Å². The number of aryl methyl sites for hydroxylation is 2. The number of rotatable bonds is 5. The first-order chi connectivity index (χ1) is 14.5. The number of aromatic nitrogens is 2. The number of morpholine rings is 1. The number of ether oxygens (including phenoxy) is 1. The summed E-state index contributed by atoms with van der Waals surface area (Å²) in [7, 11) is 0. The Morgan fingerprint density at radius 3 is 2.63 bits per heavy atom. The molecule has 2 aliphatic rings. The number of benzene rings is 1. The van der Waals surface area contributed by atoms with Crippen LogP contribution in [0.2, 0.25) is 0 Å². The summed E-state index contributed by atoms with van der Waals surface area (Å²) < 4.78 is 7.48. The molecule has 1 aromatic carbocycles. The summed E-state index contributed by atoms with van der Waals surface area (Å²) in [6.07, 6.45) is 3.85. The maximum absolute atomic E-state index is 13.4. The predicted octanol–water partition coefficient (Wildman–Crippen LogP) is 3.05. The molecule has 0 bridgehead atoms. The Labute approximate surface area is 179 Å². The average molecular weight is 411 g/mol. The quantitative estimate of drug-likeness (QED) is 0.760. The third-order valence-electron chi connectivity index (χ3n) is 6.63. The summed E-state index contributed by atoms with van der Waals surface area (Å²) in [6, 6.07) is 8.58. The maximum atomic E-state index is 13.4. The highest BCUT2D eigenvalue weighted by molar-refractivity contribution is 5.80. The van der Waals surface area contributed by atoms with Gasteiger partial charge in [0.2, 0.25) is 5.91 Å². The van der Waals surface area contributed by atoms with Gasteiger partial charge in [0.15, 0.2) is 0 Å². The largest absolute Gasteiger partial charge is 0.379 e. The van der Waals surface area contributed by atoms with E-state index in [1.807, 2.05) is 23.7 Å². The van der Waals surface area contributed by atoms with Crippen molar-refractivity contribution in [2.75, 3.05) is 39.4 Å². The SMILES string of the molecule is Cc1ccccc1-n1nc(C)c(CC(=O)N2CCCCC2CN2CCOCC2)c1C. The Morgan fingerprint density at radius 2 is 1.87 bits per heavy atom. The zero-order valence-corrected chi connectivity index (χ0v) is 18.6. The van der Waals surface area contributed by atoms with Gasteiger partial charge in [0.1, 0.15) is 0 Å². The monoisotopic (exact) mass is 410 g/mol. The molecule has 4 rings (SSSR count). The molecule has 1 unspecified atom stereocenters. The van der Waals surface area contributed by atoms with E-state index in [0.717, 1.165) is 74.9 Å². The highest BCUT2D eigenvalue weighted by atomic mass is 16.5. The molecule has 0 aliphatic carbocycles. The lowest BCUT2D eigenvalue weighted by Crippen LogP contribution is -2.51. The second-order valence-electron chi connectivity index (χ2n) is 8.67. The van der Waals surface area contributed by atoms with Gasteiger partial charge in [0.25, 0.3) is 0 Å². The molecular weight excluding hydrogens is 376 g/mol. The van der Waals surface area contributed by atoms with Crippen LogP contribution in [0, 0.1) is 20.8 Å². The van der Waals surface area contributed by atoms with Crippen molar-refractivity contribution in [2.45, 2.75) is 52.5 Å². The molecule has 6 heteroatoms. The predicted molar refractivity (Wildman–Crippen MR) is 118 cm³/mol. The van der Waals surface area contributed by atoms with E-state index in [1.165, 1.54) is 12.0 Å². The summed E-state index contributed by atoms with van der Waals surface area (Å²) in [6.45, 7) is 11.6. The Kier molecular flexibility index (Phi) is 6.54. The van der Waals surface area contributed by atoms with Gasteiger partial charge in [-0.15, -0.1) is 0 Å². The van der Waals surface area contributed by atoms with Crippen molar-refractivity contribution in [1.82, 2.24) is 19.6 Å². The van der Waals surface area contributed by atoms with E-state index in [1.54, 1.807) is 0 Å². The van der Waals surface area contributed by atoms with Gasteiger partial charge in [-0.2, -0.15) is 5.10 Å². The summed E-state index contributed by atoms with van der Waals surface area (Å²) in [5.74, 6) is 0.239. The van der Waals surface area contributed by atoms with Gasteiger partial charge in [-0.05, 0) is 51.7 Å². The highest BCUT2D eigenvalue weighted by Crippen LogP contribution is 2.24. The normalized spacial score (nSPS) is 20.5. The molecule has 30 heavy (non-hydrogen) atoms. The highest BCUT2D eigenvalue weighted by Gasteiger charge is 2.30. The van der Waals surface area contributed by atoms with Gasteiger partial charge in [-0.3, -0.25) is 9.69 Å². The van der Waals surface area contributed by atoms with E-state index < -0.39 is 0 Å². The van der Waals surface area contributed by atoms with Crippen molar-refractivity contribution in [1.29, 1.82) is 0 Å². The Bertz CT molecular complexity index is 885. The molecule has 162 valence electrons. The van der Waals surface area contributed by atoms with Gasteiger partial charge in [0, 0.05) is 43.5 Å². The summed E-state index contributed by atoms with van der Waals surface area (Å²) in [4.78, 5) is 18.0. The molecular formula is C24H34N4O2. The number of nitrogens with zero attached hydrogens (tertiary/aromatic N) is 4. The molecule has 1 amide bonds. The summed E-state index contributed by atoms with van der Waals surface area (Å²) >= 11 is 0. The third kappa shape index (κ3) is 4.44. The fourth-order valence-corrected chi connectivity index (χ4v) is 4.82. The number of hydrogen-bond donors (Lipinski definition) is 0. The molecule has 2 fully saturated rings. The van der Waals surface area contributed by atoms with Gasteiger partial charge < -0.3 is 9.64 Å². The van der Waals surface area contributed by atoms with E-state index in [-0.39, 0.29) is 5.91 Å². The van der Waals surface area contributed by atoms with E-state index in [4.69, 9.17) is 9.84 Å². The van der Waals surface area contributed by atoms with Crippen LogP contribution in [-0.2, 0) is 16.0 Å². The number of carbonyl (C=O) groups is 1. The topological polar surface area (TPSA) is 50.6 Å². The molecule has 0 N–H and O–H groups in total. The first-order valence-electron chi connectivity index (χ1n) is 11.2. The minimum atomic E-state index is 0.239. The van der Waals surface area contributed by atoms with Crippen LogP contribution in [0.1, 0.15) is 41.8 Å². The average Bonchev–Trinajstić information content (AvgIpc) is 3.03. The fourth-order valence-electron chi connectivity index (χ4n) is 4.82. The molecule has 2 aromatic rings. The summed E-state index contributed by atoms with van der Waals surface area (Å²) in [5.41, 5.74) is 5.35. The van der Waals surface area contributed by atoms with Gasteiger partial charge in [0.05, 0.1) is 31.0 Å². The number of para-hydroxylation sites is 1. The lowest BCUT2D eigenvalue weighted by Gasteiger charge is -2.39. The van der Waals surface area contributed by atoms with E-state index in [9.17, 15) is 4.79 Å². The van der Waals surface area contributed by atoms with E-state index >= 15 is 0 Å². The smallest absolute Gasteiger partial charge is 0.227 e. The molecule has 2 aliphatic heterocycles. The second kappa shape index (κ2) is 9.31. The number of likely N-dealkylation sites (tertiary alicyclic amines) is 1. The lowest BCUT2D eigenvalue weighted by atomic mass is 9.99. The molecule has 1 atom stereocenters.